The maximum atomic E-state index is 15.9. The van der Waals surface area contributed by atoms with Gasteiger partial charge in [0.25, 0.3) is 15.6 Å². The normalized spacial score (nSPS) is 13.9. The van der Waals surface area contributed by atoms with Gasteiger partial charge in [-0.1, -0.05) is 12.1 Å². The number of rotatable bonds is 5. The summed E-state index contributed by atoms with van der Waals surface area (Å²) in [5, 5.41) is 0.640. The number of nitrogens with zero attached hydrogens (tertiary/aromatic N) is 3. The van der Waals surface area contributed by atoms with E-state index in [0.717, 1.165) is 36.3 Å². The number of pyridine rings is 2. The molecule has 0 bridgehead atoms. The summed E-state index contributed by atoms with van der Waals surface area (Å²) in [6.45, 7) is 1.68. The third-order valence-electron chi connectivity index (χ3n) is 6.47. The van der Waals surface area contributed by atoms with Crippen molar-refractivity contribution in [3.05, 3.63) is 75.7 Å². The number of nitrogens with two attached hydrogens (primary N) is 1. The van der Waals surface area contributed by atoms with Gasteiger partial charge in [0.05, 0.1) is 32.5 Å². The number of thiazole rings is 1. The number of fused-ring (bicyclic) bond motifs is 2. The van der Waals surface area contributed by atoms with Crippen molar-refractivity contribution in [2.75, 3.05) is 10.5 Å². The number of halogens is 2. The van der Waals surface area contributed by atoms with Crippen molar-refractivity contribution in [1.82, 2.24) is 14.5 Å². The fourth-order valence-electron chi connectivity index (χ4n) is 4.55. The molecular formula is C25H19F2N5O3S2. The van der Waals surface area contributed by atoms with Crippen LogP contribution in [-0.4, -0.2) is 23.0 Å². The lowest BCUT2D eigenvalue weighted by Gasteiger charge is -2.17. The number of sulfonamides is 1. The first-order valence-electron chi connectivity index (χ1n) is 11.3. The van der Waals surface area contributed by atoms with Crippen molar-refractivity contribution in [1.29, 1.82) is 0 Å². The van der Waals surface area contributed by atoms with Gasteiger partial charge in [0, 0.05) is 35.3 Å². The molecule has 0 saturated heterocycles. The summed E-state index contributed by atoms with van der Waals surface area (Å²) in [5.41, 5.74) is 7.98. The third kappa shape index (κ3) is 3.83. The van der Waals surface area contributed by atoms with E-state index in [-0.39, 0.29) is 23.0 Å². The second kappa shape index (κ2) is 8.32. The molecule has 0 radical (unpaired) electrons. The summed E-state index contributed by atoms with van der Waals surface area (Å²) in [4.78, 5) is 21.1. The number of anilines is 2. The van der Waals surface area contributed by atoms with E-state index in [0.29, 0.717) is 26.7 Å². The first-order valence-corrected chi connectivity index (χ1v) is 13.7. The van der Waals surface area contributed by atoms with Gasteiger partial charge in [-0.05, 0) is 37.5 Å². The lowest BCUT2D eigenvalue weighted by atomic mass is 9.98. The van der Waals surface area contributed by atoms with Crippen LogP contribution in [0.2, 0.25) is 0 Å². The molecule has 0 atom stereocenters. The second-order valence-electron chi connectivity index (χ2n) is 8.91. The number of nitrogen functional groups attached to an aromatic ring is 1. The van der Waals surface area contributed by atoms with Gasteiger partial charge < -0.3 is 10.3 Å². The Morgan fingerprint density at radius 3 is 2.70 bits per heavy atom. The summed E-state index contributed by atoms with van der Waals surface area (Å²) in [6.07, 6.45) is 3.15. The third-order valence-corrected chi connectivity index (χ3v) is 8.65. The monoisotopic (exact) mass is 539 g/mol. The Hall–Kier alpha value is -3.90. The molecule has 0 spiro atoms. The van der Waals surface area contributed by atoms with Crippen molar-refractivity contribution >= 4 is 54.0 Å². The smallest absolute Gasteiger partial charge is 0.264 e. The zero-order valence-corrected chi connectivity index (χ0v) is 21.0. The Balaban J connectivity index is 1.50. The highest BCUT2D eigenvalue weighted by atomic mass is 32.2. The number of hydrogen-bond acceptors (Lipinski definition) is 7. The van der Waals surface area contributed by atoms with Crippen LogP contribution in [-0.2, 0) is 10.0 Å². The number of nitrogens with one attached hydrogen (secondary N) is 1. The second-order valence-corrected chi connectivity index (χ2v) is 11.4. The molecule has 188 valence electrons. The SMILES string of the molecule is Cc1c(-c2cccc(NS(=O)(=O)c3cc4scnc4cc3F)c2F)c(=O)n(C2CC2)c2cc(N)ncc12. The van der Waals surface area contributed by atoms with Gasteiger partial charge in [-0.25, -0.2) is 27.2 Å². The summed E-state index contributed by atoms with van der Waals surface area (Å²) in [6, 6.07) is 7.84. The number of benzene rings is 2. The van der Waals surface area contributed by atoms with E-state index >= 15 is 4.39 Å². The summed E-state index contributed by atoms with van der Waals surface area (Å²) in [5.74, 6) is -1.69. The lowest BCUT2D eigenvalue weighted by Crippen LogP contribution is -2.23. The van der Waals surface area contributed by atoms with Gasteiger partial charge in [-0.3, -0.25) is 9.52 Å². The van der Waals surface area contributed by atoms with Crippen molar-refractivity contribution < 1.29 is 17.2 Å². The first-order chi connectivity index (χ1) is 17.7. The molecule has 0 aliphatic heterocycles. The maximum Gasteiger partial charge on any atom is 0.264 e. The molecule has 37 heavy (non-hydrogen) atoms. The predicted molar refractivity (Wildman–Crippen MR) is 139 cm³/mol. The van der Waals surface area contributed by atoms with Gasteiger partial charge in [0.1, 0.15) is 16.5 Å². The van der Waals surface area contributed by atoms with Crippen LogP contribution in [0.25, 0.3) is 32.2 Å². The first kappa shape index (κ1) is 23.5. The molecule has 3 N–H and O–H groups in total. The molecule has 2 aromatic carbocycles. The molecule has 3 heterocycles. The molecule has 0 amide bonds. The highest BCUT2D eigenvalue weighted by molar-refractivity contribution is 7.92. The van der Waals surface area contributed by atoms with Crippen molar-refractivity contribution in [2.45, 2.75) is 30.7 Å². The van der Waals surface area contributed by atoms with Crippen LogP contribution in [0.15, 0.2) is 57.8 Å². The van der Waals surface area contributed by atoms with Crippen molar-refractivity contribution in [3.63, 3.8) is 0 Å². The molecule has 1 fully saturated rings. The fraction of sp³-hybridized carbons (Fsp3) is 0.160. The van der Waals surface area contributed by atoms with Crippen LogP contribution in [0.1, 0.15) is 24.4 Å². The van der Waals surface area contributed by atoms with Gasteiger partial charge in [0.2, 0.25) is 0 Å². The van der Waals surface area contributed by atoms with E-state index in [9.17, 15) is 17.6 Å². The van der Waals surface area contributed by atoms with E-state index in [1.807, 2.05) is 0 Å². The minimum Gasteiger partial charge on any atom is -0.384 e. The highest BCUT2D eigenvalue weighted by Crippen LogP contribution is 2.39. The molecule has 6 rings (SSSR count). The zero-order valence-electron chi connectivity index (χ0n) is 19.3. The molecule has 8 nitrogen and oxygen atoms in total. The number of hydrogen-bond donors (Lipinski definition) is 2. The molecule has 0 unspecified atom stereocenters. The van der Waals surface area contributed by atoms with Crippen LogP contribution in [0.4, 0.5) is 20.3 Å². The number of aryl methyl sites for hydroxylation is 1. The van der Waals surface area contributed by atoms with E-state index in [4.69, 9.17) is 5.73 Å². The standard InChI is InChI=1S/C25H19F2N5O3S2/c1-12-15-10-29-22(28)8-19(15)32(13-5-6-13)25(33)23(12)14-3-2-4-17(24(14)27)31-37(34,35)21-9-20-18(7-16(21)26)30-11-36-20/h2-4,7-11,13,31H,5-6H2,1H3,(H2,28,29). The summed E-state index contributed by atoms with van der Waals surface area (Å²) in [7, 11) is -4.50. The minimum absolute atomic E-state index is 0.0365. The molecule has 1 aliphatic carbocycles. The Bertz CT molecular complexity index is 1910. The maximum absolute atomic E-state index is 15.9. The molecule has 1 aliphatic rings. The summed E-state index contributed by atoms with van der Waals surface area (Å²) >= 11 is 1.16. The van der Waals surface area contributed by atoms with Crippen LogP contribution in [0.5, 0.6) is 0 Å². The molecule has 3 aromatic heterocycles. The fourth-order valence-corrected chi connectivity index (χ4v) is 6.47. The average molecular weight is 540 g/mol. The Morgan fingerprint density at radius 2 is 1.95 bits per heavy atom. The Kier molecular flexibility index (Phi) is 5.28. The van der Waals surface area contributed by atoms with Crippen LogP contribution < -0.4 is 16.0 Å². The Morgan fingerprint density at radius 1 is 1.16 bits per heavy atom. The van der Waals surface area contributed by atoms with E-state index < -0.39 is 37.8 Å². The number of aromatic nitrogens is 3. The van der Waals surface area contributed by atoms with E-state index in [1.54, 1.807) is 23.8 Å². The highest BCUT2D eigenvalue weighted by Gasteiger charge is 2.30. The lowest BCUT2D eigenvalue weighted by molar-refractivity contribution is 0.571. The van der Waals surface area contributed by atoms with Gasteiger partial charge in [0.15, 0.2) is 5.82 Å². The topological polar surface area (TPSA) is 120 Å². The molecule has 1 saturated carbocycles. The predicted octanol–water partition coefficient (Wildman–Crippen LogP) is 4.98. The quantitative estimate of drug-likeness (QED) is 0.325. The van der Waals surface area contributed by atoms with Crippen LogP contribution >= 0.6 is 11.3 Å². The van der Waals surface area contributed by atoms with Crippen LogP contribution in [0, 0.1) is 18.6 Å². The van der Waals surface area contributed by atoms with E-state index in [1.165, 1.54) is 23.7 Å². The molecule has 5 aromatic rings. The van der Waals surface area contributed by atoms with Gasteiger partial charge >= 0.3 is 0 Å². The van der Waals surface area contributed by atoms with Gasteiger partial charge in [-0.15, -0.1) is 11.3 Å². The zero-order chi connectivity index (χ0) is 26.1. The molecular weight excluding hydrogens is 520 g/mol. The van der Waals surface area contributed by atoms with Crippen molar-refractivity contribution in [3.8, 4) is 11.1 Å². The largest absolute Gasteiger partial charge is 0.384 e. The average Bonchev–Trinajstić information content (AvgIpc) is 3.57. The van der Waals surface area contributed by atoms with Crippen LogP contribution in [0.3, 0.4) is 0 Å². The van der Waals surface area contributed by atoms with E-state index in [2.05, 4.69) is 14.7 Å². The minimum atomic E-state index is -4.50. The Labute approximate surface area is 213 Å². The van der Waals surface area contributed by atoms with Gasteiger partial charge in [-0.2, -0.15) is 0 Å². The summed E-state index contributed by atoms with van der Waals surface area (Å²) < 4.78 is 60.9. The molecule has 12 heteroatoms. The van der Waals surface area contributed by atoms with Crippen molar-refractivity contribution in [2.24, 2.45) is 0 Å².